The Hall–Kier alpha value is -1.71. The molecule has 1 aromatic rings. The molecule has 0 radical (unpaired) electrons. The number of rotatable bonds is 7. The second-order valence-electron chi connectivity index (χ2n) is 4.08. The van der Waals surface area contributed by atoms with E-state index < -0.39 is 0 Å². The van der Waals surface area contributed by atoms with E-state index in [-0.39, 0.29) is 0 Å². The fourth-order valence-electron chi connectivity index (χ4n) is 1.39. The van der Waals surface area contributed by atoms with Crippen molar-refractivity contribution in [2.24, 2.45) is 5.10 Å². The van der Waals surface area contributed by atoms with Crippen LogP contribution in [0.25, 0.3) is 0 Å². The molecule has 1 aromatic carbocycles. The molecule has 0 aliphatic rings. The highest BCUT2D eigenvalue weighted by molar-refractivity contribution is 5.80. The Bertz CT molecular complexity index is 389. The van der Waals surface area contributed by atoms with Crippen LogP contribution in [-0.4, -0.2) is 38.5 Å². The van der Waals surface area contributed by atoms with E-state index in [1.54, 1.807) is 11.2 Å². The van der Waals surface area contributed by atoms with Crippen LogP contribution in [0.5, 0.6) is 11.5 Å². The van der Waals surface area contributed by atoms with Gasteiger partial charge in [0, 0.05) is 14.1 Å². The smallest absolute Gasteiger partial charge is 0.161 e. The molecule has 0 aliphatic heterocycles. The molecule has 18 heavy (non-hydrogen) atoms. The monoisotopic (exact) mass is 250 g/mol. The lowest BCUT2D eigenvalue weighted by molar-refractivity contribution is 0.277. The number of nitrogens with zero attached hydrogens (tertiary/aromatic N) is 2. The molecule has 1 rings (SSSR count). The first-order chi connectivity index (χ1) is 8.67. The summed E-state index contributed by atoms with van der Waals surface area (Å²) in [6.07, 6.45) is 2.78. The van der Waals surface area contributed by atoms with Crippen molar-refractivity contribution in [3.63, 3.8) is 0 Å². The fourth-order valence-corrected chi connectivity index (χ4v) is 1.39. The Balaban J connectivity index is 2.87. The molecule has 0 spiro atoms. The van der Waals surface area contributed by atoms with Crippen LogP contribution in [0.1, 0.15) is 25.8 Å². The summed E-state index contributed by atoms with van der Waals surface area (Å²) in [4.78, 5) is 0. The van der Waals surface area contributed by atoms with E-state index in [9.17, 15) is 0 Å². The summed E-state index contributed by atoms with van der Waals surface area (Å²) in [5, 5.41) is 5.95. The second-order valence-corrected chi connectivity index (χ2v) is 4.08. The topological polar surface area (TPSA) is 34.1 Å². The van der Waals surface area contributed by atoms with Crippen molar-refractivity contribution in [1.82, 2.24) is 5.01 Å². The van der Waals surface area contributed by atoms with Crippen molar-refractivity contribution in [1.29, 1.82) is 0 Å². The van der Waals surface area contributed by atoms with Gasteiger partial charge in [0.05, 0.1) is 19.4 Å². The van der Waals surface area contributed by atoms with Crippen molar-refractivity contribution in [3.05, 3.63) is 23.8 Å². The first kappa shape index (κ1) is 14.4. The van der Waals surface area contributed by atoms with E-state index in [0.717, 1.165) is 23.5 Å². The molecule has 4 nitrogen and oxygen atoms in total. The summed E-state index contributed by atoms with van der Waals surface area (Å²) in [7, 11) is 3.78. The highest BCUT2D eigenvalue weighted by Gasteiger charge is 2.05. The van der Waals surface area contributed by atoms with Crippen LogP contribution >= 0.6 is 0 Å². The minimum absolute atomic E-state index is 0.622. The minimum atomic E-state index is 0.622. The van der Waals surface area contributed by atoms with Gasteiger partial charge in [-0.25, -0.2) is 0 Å². The average Bonchev–Trinajstić information content (AvgIpc) is 2.35. The molecule has 0 fully saturated rings. The van der Waals surface area contributed by atoms with E-state index in [1.807, 2.05) is 39.2 Å². The molecule has 4 heteroatoms. The predicted octanol–water partition coefficient (Wildman–Crippen LogP) is 2.77. The zero-order valence-electron chi connectivity index (χ0n) is 11.6. The Labute approximate surface area is 109 Å². The maximum Gasteiger partial charge on any atom is 0.161 e. The summed E-state index contributed by atoms with van der Waals surface area (Å²) >= 11 is 0. The Kier molecular flexibility index (Phi) is 6.05. The summed E-state index contributed by atoms with van der Waals surface area (Å²) in [5.74, 6) is 1.56. The van der Waals surface area contributed by atoms with Crippen LogP contribution < -0.4 is 9.47 Å². The van der Waals surface area contributed by atoms with Gasteiger partial charge in [0.15, 0.2) is 11.5 Å². The Morgan fingerprint density at radius 2 is 1.94 bits per heavy atom. The quantitative estimate of drug-likeness (QED) is 0.551. The van der Waals surface area contributed by atoms with Gasteiger partial charge >= 0.3 is 0 Å². The van der Waals surface area contributed by atoms with Crippen LogP contribution in [0.15, 0.2) is 23.3 Å². The van der Waals surface area contributed by atoms with E-state index in [1.165, 1.54) is 0 Å². The molecule has 0 saturated heterocycles. The van der Waals surface area contributed by atoms with Gasteiger partial charge in [-0.2, -0.15) is 5.10 Å². The van der Waals surface area contributed by atoms with Crippen LogP contribution in [0.3, 0.4) is 0 Å². The van der Waals surface area contributed by atoms with Crippen LogP contribution in [0.2, 0.25) is 0 Å². The van der Waals surface area contributed by atoms with Crippen molar-refractivity contribution in [3.8, 4) is 11.5 Å². The molecule has 0 unspecified atom stereocenters. The maximum atomic E-state index is 5.64. The summed E-state index contributed by atoms with van der Waals surface area (Å²) < 4.78 is 11.2. The third kappa shape index (κ3) is 4.65. The van der Waals surface area contributed by atoms with Crippen LogP contribution in [-0.2, 0) is 0 Å². The number of hydrogen-bond donors (Lipinski definition) is 0. The van der Waals surface area contributed by atoms with Gasteiger partial charge in [0.2, 0.25) is 0 Å². The third-order valence-electron chi connectivity index (χ3n) is 2.17. The molecule has 0 heterocycles. The molecule has 100 valence electrons. The maximum absolute atomic E-state index is 5.64. The molecule has 0 bridgehead atoms. The first-order valence-corrected chi connectivity index (χ1v) is 6.28. The second kappa shape index (κ2) is 7.58. The van der Waals surface area contributed by atoms with Gasteiger partial charge in [-0.1, -0.05) is 6.92 Å². The average molecular weight is 250 g/mol. The van der Waals surface area contributed by atoms with Gasteiger partial charge in [-0.05, 0) is 37.1 Å². The zero-order valence-corrected chi connectivity index (χ0v) is 11.6. The molecule has 0 amide bonds. The standard InChI is InChI=1S/C14H22N2O2/c1-5-9-18-13-8-7-12(11-15-16(3)4)10-14(13)17-6-2/h7-8,10-11H,5-6,9H2,1-4H3/b15-11+. The van der Waals surface area contributed by atoms with E-state index in [2.05, 4.69) is 12.0 Å². The van der Waals surface area contributed by atoms with Crippen molar-refractivity contribution in [2.45, 2.75) is 20.3 Å². The number of benzene rings is 1. The van der Waals surface area contributed by atoms with Crippen LogP contribution in [0.4, 0.5) is 0 Å². The summed E-state index contributed by atoms with van der Waals surface area (Å²) in [5.41, 5.74) is 0.996. The van der Waals surface area contributed by atoms with Crippen LogP contribution in [0, 0.1) is 0 Å². The zero-order chi connectivity index (χ0) is 13.4. The van der Waals surface area contributed by atoms with Crippen molar-refractivity contribution >= 4 is 6.21 Å². The van der Waals surface area contributed by atoms with Gasteiger partial charge in [0.1, 0.15) is 0 Å². The third-order valence-corrected chi connectivity index (χ3v) is 2.17. The molecule has 0 aliphatic carbocycles. The first-order valence-electron chi connectivity index (χ1n) is 6.28. The summed E-state index contributed by atoms with van der Waals surface area (Å²) in [6, 6.07) is 5.85. The molecule has 0 N–H and O–H groups in total. The predicted molar refractivity (Wildman–Crippen MR) is 74.7 cm³/mol. The highest BCUT2D eigenvalue weighted by Crippen LogP contribution is 2.28. The molecule has 0 aromatic heterocycles. The van der Waals surface area contributed by atoms with Crippen molar-refractivity contribution < 1.29 is 9.47 Å². The molecule has 0 atom stereocenters. The Morgan fingerprint density at radius 1 is 1.17 bits per heavy atom. The van der Waals surface area contributed by atoms with Gasteiger partial charge in [0.25, 0.3) is 0 Å². The molecule has 0 saturated carbocycles. The lowest BCUT2D eigenvalue weighted by Gasteiger charge is -2.12. The largest absolute Gasteiger partial charge is 0.490 e. The summed E-state index contributed by atoms with van der Waals surface area (Å²) in [6.45, 7) is 5.37. The highest BCUT2D eigenvalue weighted by atomic mass is 16.5. The minimum Gasteiger partial charge on any atom is -0.490 e. The SMILES string of the molecule is CCCOc1ccc(/C=N/N(C)C)cc1OCC. The van der Waals surface area contributed by atoms with Gasteiger partial charge in [-0.15, -0.1) is 0 Å². The van der Waals surface area contributed by atoms with E-state index in [0.29, 0.717) is 13.2 Å². The van der Waals surface area contributed by atoms with E-state index in [4.69, 9.17) is 9.47 Å². The lowest BCUT2D eigenvalue weighted by atomic mass is 10.2. The number of hydrogen-bond acceptors (Lipinski definition) is 4. The van der Waals surface area contributed by atoms with Gasteiger partial charge < -0.3 is 14.5 Å². The molecular weight excluding hydrogens is 228 g/mol. The number of ether oxygens (including phenoxy) is 2. The van der Waals surface area contributed by atoms with Gasteiger partial charge in [-0.3, -0.25) is 0 Å². The number of hydrazone groups is 1. The van der Waals surface area contributed by atoms with E-state index >= 15 is 0 Å². The fraction of sp³-hybridized carbons (Fsp3) is 0.500. The normalized spacial score (nSPS) is 10.7. The lowest BCUT2D eigenvalue weighted by Crippen LogP contribution is -2.03. The Morgan fingerprint density at radius 3 is 2.56 bits per heavy atom. The van der Waals surface area contributed by atoms with Crippen molar-refractivity contribution in [2.75, 3.05) is 27.3 Å². The molecular formula is C14H22N2O2.